The van der Waals surface area contributed by atoms with E-state index in [1.54, 1.807) is 26.2 Å². The molecule has 1 aromatic rings. The molecular weight excluding hydrogens is 185 g/mol. The monoisotopic (exact) mass is 197 g/mol. The van der Waals surface area contributed by atoms with Crippen molar-refractivity contribution in [3.63, 3.8) is 0 Å². The minimum Gasteiger partial charge on any atom is -0.481 e. The van der Waals surface area contributed by atoms with Crippen LogP contribution in [-0.2, 0) is 4.79 Å². The Morgan fingerprint density at radius 3 is 2.64 bits per heavy atom. The third kappa shape index (κ3) is 2.73. The lowest BCUT2D eigenvalue weighted by atomic mass is 10.3. The van der Waals surface area contributed by atoms with E-state index in [1.165, 1.54) is 17.0 Å². The lowest BCUT2D eigenvalue weighted by Crippen LogP contribution is -2.27. The summed E-state index contributed by atoms with van der Waals surface area (Å²) in [4.78, 5) is 12.5. The summed E-state index contributed by atoms with van der Waals surface area (Å²) in [5.74, 6) is -0.560. The van der Waals surface area contributed by atoms with Gasteiger partial charge in [0.1, 0.15) is 0 Å². The van der Waals surface area contributed by atoms with E-state index in [-0.39, 0.29) is 18.3 Å². The summed E-state index contributed by atoms with van der Waals surface area (Å²) in [6.07, 6.45) is 0. The van der Waals surface area contributed by atoms with E-state index in [0.717, 1.165) is 0 Å². The number of para-hydroxylation sites is 1. The Morgan fingerprint density at radius 1 is 1.43 bits per heavy atom. The second-order valence-electron chi connectivity index (χ2n) is 3.01. The number of carbonyl (C=O) groups is 1. The summed E-state index contributed by atoms with van der Waals surface area (Å²) in [6.45, 7) is -0.145. The van der Waals surface area contributed by atoms with Crippen LogP contribution in [0.1, 0.15) is 0 Å². The molecule has 0 aliphatic heterocycles. The minimum absolute atomic E-state index is 0.0997. The molecule has 0 unspecified atom stereocenters. The predicted octanol–water partition coefficient (Wildman–Crippen LogP) is 1.29. The van der Waals surface area contributed by atoms with Crippen molar-refractivity contribution >= 4 is 5.91 Å². The molecule has 0 fully saturated rings. The molecule has 14 heavy (non-hydrogen) atoms. The first-order valence-corrected chi connectivity index (χ1v) is 4.18. The van der Waals surface area contributed by atoms with E-state index in [9.17, 15) is 9.18 Å². The van der Waals surface area contributed by atoms with Crippen molar-refractivity contribution in [1.29, 1.82) is 0 Å². The number of rotatable bonds is 3. The number of likely N-dealkylation sites (N-methyl/N-ethyl adjacent to an activating group) is 1. The van der Waals surface area contributed by atoms with Crippen molar-refractivity contribution in [1.82, 2.24) is 4.90 Å². The minimum atomic E-state index is -0.459. The maximum Gasteiger partial charge on any atom is 0.259 e. The first-order valence-electron chi connectivity index (χ1n) is 4.18. The van der Waals surface area contributed by atoms with Gasteiger partial charge in [0.25, 0.3) is 5.91 Å². The molecule has 0 saturated heterocycles. The Balaban J connectivity index is 2.54. The molecule has 4 heteroatoms. The lowest BCUT2D eigenvalue weighted by Gasteiger charge is -2.11. The van der Waals surface area contributed by atoms with Crippen molar-refractivity contribution in [3.05, 3.63) is 30.1 Å². The molecule has 0 bridgehead atoms. The highest BCUT2D eigenvalue weighted by atomic mass is 19.1. The van der Waals surface area contributed by atoms with Gasteiger partial charge in [-0.1, -0.05) is 12.1 Å². The molecule has 1 rings (SSSR count). The number of nitrogens with zero attached hydrogens (tertiary/aromatic N) is 1. The second-order valence-corrected chi connectivity index (χ2v) is 3.01. The van der Waals surface area contributed by atoms with E-state index in [4.69, 9.17) is 4.74 Å². The number of hydrogen-bond acceptors (Lipinski definition) is 2. The molecule has 0 aliphatic carbocycles. The zero-order chi connectivity index (χ0) is 10.6. The van der Waals surface area contributed by atoms with Gasteiger partial charge in [-0.15, -0.1) is 0 Å². The standard InChI is InChI=1S/C10H12FNO2/c1-12(2)10(13)7-14-9-6-4-3-5-8(9)11/h3-6H,7H2,1-2H3. The Hall–Kier alpha value is -1.58. The van der Waals surface area contributed by atoms with Gasteiger partial charge in [-0.05, 0) is 12.1 Å². The maximum absolute atomic E-state index is 13.0. The molecule has 0 aliphatic rings. The summed E-state index contributed by atoms with van der Waals surface area (Å²) in [5.41, 5.74) is 0. The zero-order valence-corrected chi connectivity index (χ0v) is 8.16. The highest BCUT2D eigenvalue weighted by Crippen LogP contribution is 2.14. The van der Waals surface area contributed by atoms with Crippen LogP contribution in [0, 0.1) is 5.82 Å². The third-order valence-electron chi connectivity index (χ3n) is 1.69. The Bertz CT molecular complexity index is 326. The quantitative estimate of drug-likeness (QED) is 0.730. The van der Waals surface area contributed by atoms with Crippen LogP contribution < -0.4 is 4.74 Å². The fraction of sp³-hybridized carbons (Fsp3) is 0.300. The molecule has 1 amide bonds. The van der Waals surface area contributed by atoms with Gasteiger partial charge in [0.2, 0.25) is 0 Å². The maximum atomic E-state index is 13.0. The van der Waals surface area contributed by atoms with Gasteiger partial charge < -0.3 is 9.64 Å². The number of hydrogen-bond donors (Lipinski definition) is 0. The zero-order valence-electron chi connectivity index (χ0n) is 8.16. The molecule has 0 atom stereocenters. The largest absolute Gasteiger partial charge is 0.481 e. The van der Waals surface area contributed by atoms with Crippen LogP contribution in [0.2, 0.25) is 0 Å². The average Bonchev–Trinajstić information content (AvgIpc) is 2.16. The Kier molecular flexibility index (Phi) is 3.45. The van der Waals surface area contributed by atoms with E-state index in [2.05, 4.69) is 0 Å². The summed E-state index contributed by atoms with van der Waals surface area (Å²) in [7, 11) is 3.24. The van der Waals surface area contributed by atoms with Crippen LogP contribution in [0.3, 0.4) is 0 Å². The number of benzene rings is 1. The summed E-state index contributed by atoms with van der Waals surface area (Å²) in [5, 5.41) is 0. The van der Waals surface area contributed by atoms with Crippen molar-refractivity contribution in [2.45, 2.75) is 0 Å². The predicted molar refractivity (Wildman–Crippen MR) is 50.6 cm³/mol. The topological polar surface area (TPSA) is 29.5 Å². The van der Waals surface area contributed by atoms with Crippen LogP contribution in [0.4, 0.5) is 4.39 Å². The molecule has 0 heterocycles. The number of carbonyl (C=O) groups excluding carboxylic acids is 1. The number of ether oxygens (including phenoxy) is 1. The molecule has 1 aromatic carbocycles. The molecule has 76 valence electrons. The molecular formula is C10H12FNO2. The molecule has 0 spiro atoms. The van der Waals surface area contributed by atoms with Crippen molar-refractivity contribution in [2.75, 3.05) is 20.7 Å². The molecule has 0 radical (unpaired) electrons. The molecule has 3 nitrogen and oxygen atoms in total. The SMILES string of the molecule is CN(C)C(=O)COc1ccccc1F. The summed E-state index contributed by atoms with van der Waals surface area (Å²) in [6, 6.07) is 5.99. The van der Waals surface area contributed by atoms with E-state index in [0.29, 0.717) is 0 Å². The number of halogens is 1. The first kappa shape index (κ1) is 10.5. The first-order chi connectivity index (χ1) is 6.61. The van der Waals surface area contributed by atoms with E-state index < -0.39 is 5.82 Å². The van der Waals surface area contributed by atoms with Gasteiger partial charge in [-0.25, -0.2) is 4.39 Å². The van der Waals surface area contributed by atoms with Crippen LogP contribution in [-0.4, -0.2) is 31.5 Å². The van der Waals surface area contributed by atoms with Crippen molar-refractivity contribution in [2.24, 2.45) is 0 Å². The molecule has 0 N–H and O–H groups in total. The fourth-order valence-corrected chi connectivity index (χ4v) is 0.830. The smallest absolute Gasteiger partial charge is 0.259 e. The third-order valence-corrected chi connectivity index (χ3v) is 1.69. The second kappa shape index (κ2) is 4.60. The van der Waals surface area contributed by atoms with Crippen LogP contribution >= 0.6 is 0 Å². The Morgan fingerprint density at radius 2 is 2.07 bits per heavy atom. The van der Waals surface area contributed by atoms with Crippen molar-refractivity contribution in [3.8, 4) is 5.75 Å². The van der Waals surface area contributed by atoms with Gasteiger partial charge in [0.05, 0.1) is 0 Å². The van der Waals surface area contributed by atoms with E-state index in [1.807, 2.05) is 0 Å². The van der Waals surface area contributed by atoms with Gasteiger partial charge in [-0.3, -0.25) is 4.79 Å². The van der Waals surface area contributed by atoms with Gasteiger partial charge in [-0.2, -0.15) is 0 Å². The summed E-state index contributed by atoms with van der Waals surface area (Å²) < 4.78 is 18.0. The lowest BCUT2D eigenvalue weighted by molar-refractivity contribution is -0.130. The number of amides is 1. The highest BCUT2D eigenvalue weighted by Gasteiger charge is 2.06. The van der Waals surface area contributed by atoms with Gasteiger partial charge in [0, 0.05) is 14.1 Å². The van der Waals surface area contributed by atoms with Gasteiger partial charge >= 0.3 is 0 Å². The van der Waals surface area contributed by atoms with Gasteiger partial charge in [0.15, 0.2) is 18.2 Å². The van der Waals surface area contributed by atoms with Crippen molar-refractivity contribution < 1.29 is 13.9 Å². The summed E-state index contributed by atoms with van der Waals surface area (Å²) >= 11 is 0. The average molecular weight is 197 g/mol. The molecule has 0 saturated carbocycles. The van der Waals surface area contributed by atoms with E-state index >= 15 is 0 Å². The van der Waals surface area contributed by atoms with Crippen LogP contribution in [0.15, 0.2) is 24.3 Å². The Labute approximate surface area is 82.1 Å². The molecule has 0 aromatic heterocycles. The normalized spacial score (nSPS) is 9.64. The van der Waals surface area contributed by atoms with Crippen LogP contribution in [0.5, 0.6) is 5.75 Å². The van der Waals surface area contributed by atoms with Crippen LogP contribution in [0.25, 0.3) is 0 Å². The highest BCUT2D eigenvalue weighted by molar-refractivity contribution is 5.77. The fourth-order valence-electron chi connectivity index (χ4n) is 0.830.